The number of hydrogen-bond donors (Lipinski definition) is 1. The van der Waals surface area contributed by atoms with Crippen molar-refractivity contribution in [3.63, 3.8) is 0 Å². The summed E-state index contributed by atoms with van der Waals surface area (Å²) in [6, 6.07) is 8.20. The largest absolute Gasteiger partial charge is 0.469 e. The number of nitrogens with two attached hydrogens (primary N) is 1. The Morgan fingerprint density at radius 3 is 2.55 bits per heavy atom. The normalized spacial score (nSPS) is 14.4. The van der Waals surface area contributed by atoms with Crippen LogP contribution in [0.2, 0.25) is 0 Å². The van der Waals surface area contributed by atoms with E-state index >= 15 is 0 Å². The number of amides is 1. The molecule has 1 aromatic carbocycles. The number of benzene rings is 1. The van der Waals surface area contributed by atoms with E-state index in [1.54, 1.807) is 24.5 Å². The predicted molar refractivity (Wildman–Crippen MR) is 109 cm³/mol. The van der Waals surface area contributed by atoms with E-state index in [0.29, 0.717) is 42.9 Å². The molecule has 1 aliphatic heterocycles. The minimum atomic E-state index is -0.251. The molecule has 0 radical (unpaired) electrons. The fourth-order valence-electron chi connectivity index (χ4n) is 3.26. The van der Waals surface area contributed by atoms with Gasteiger partial charge in [-0.15, -0.1) is 10.2 Å². The highest BCUT2D eigenvalue weighted by Crippen LogP contribution is 2.25. The molecule has 4 rings (SSSR count). The molecule has 1 saturated heterocycles. The number of nitrogen functional groups attached to an aromatic ring is 1. The summed E-state index contributed by atoms with van der Waals surface area (Å²) in [5, 5.41) is 8.67. The molecule has 0 aliphatic carbocycles. The number of halogens is 1. The first-order valence-electron chi connectivity index (χ1n) is 9.19. The maximum atomic E-state index is 13.1. The molecule has 0 spiro atoms. The van der Waals surface area contributed by atoms with Gasteiger partial charge in [0.15, 0.2) is 5.82 Å². The Morgan fingerprint density at radius 2 is 1.90 bits per heavy atom. The topological polar surface area (TPSA) is 93.4 Å². The van der Waals surface area contributed by atoms with E-state index in [1.807, 2.05) is 11.8 Å². The van der Waals surface area contributed by atoms with Gasteiger partial charge in [0, 0.05) is 31.9 Å². The molecule has 29 heavy (non-hydrogen) atoms. The van der Waals surface area contributed by atoms with E-state index in [0.717, 1.165) is 11.3 Å². The second-order valence-corrected chi connectivity index (χ2v) is 7.64. The lowest BCUT2D eigenvalue weighted by Crippen LogP contribution is -2.49. The Balaban J connectivity index is 1.31. The van der Waals surface area contributed by atoms with E-state index in [4.69, 9.17) is 10.3 Å². The predicted octanol–water partition coefficient (Wildman–Crippen LogP) is 2.14. The van der Waals surface area contributed by atoms with Gasteiger partial charge in [0.05, 0.1) is 17.6 Å². The monoisotopic (exact) mass is 416 g/mol. The Hall–Kier alpha value is -3.01. The van der Waals surface area contributed by atoms with Crippen LogP contribution in [-0.2, 0) is 4.79 Å². The van der Waals surface area contributed by atoms with Gasteiger partial charge in [-0.2, -0.15) is 0 Å². The van der Waals surface area contributed by atoms with E-state index < -0.39 is 0 Å². The Morgan fingerprint density at radius 1 is 1.17 bits per heavy atom. The summed E-state index contributed by atoms with van der Waals surface area (Å²) < 4.78 is 19.7. The second kappa shape index (κ2) is 8.16. The summed E-state index contributed by atoms with van der Waals surface area (Å²) in [6.07, 6.45) is 1.57. The van der Waals surface area contributed by atoms with Gasteiger partial charge in [-0.3, -0.25) is 4.79 Å². The number of piperazine rings is 1. The van der Waals surface area contributed by atoms with Gasteiger partial charge in [0.25, 0.3) is 0 Å². The molecular formula is C19H21FN6O2S. The quantitative estimate of drug-likeness (QED) is 0.503. The van der Waals surface area contributed by atoms with Gasteiger partial charge in [0.1, 0.15) is 11.6 Å². The molecule has 10 heteroatoms. The lowest BCUT2D eigenvalue weighted by Gasteiger charge is -2.36. The van der Waals surface area contributed by atoms with Crippen LogP contribution in [0.25, 0.3) is 11.4 Å². The molecule has 1 aliphatic rings. The third-order valence-electron chi connectivity index (χ3n) is 4.91. The van der Waals surface area contributed by atoms with Crippen molar-refractivity contribution in [1.29, 1.82) is 0 Å². The van der Waals surface area contributed by atoms with Crippen molar-refractivity contribution in [3.05, 3.63) is 48.2 Å². The smallest absolute Gasteiger partial charge is 0.233 e. The Labute approximate surface area is 171 Å². The molecule has 8 nitrogen and oxygen atoms in total. The maximum absolute atomic E-state index is 13.1. The van der Waals surface area contributed by atoms with E-state index in [9.17, 15) is 9.18 Å². The van der Waals surface area contributed by atoms with Crippen LogP contribution in [0.4, 0.5) is 10.1 Å². The van der Waals surface area contributed by atoms with Gasteiger partial charge < -0.3 is 20.1 Å². The van der Waals surface area contributed by atoms with Crippen LogP contribution in [0.1, 0.15) is 5.76 Å². The molecule has 2 N–H and O–H groups in total. The van der Waals surface area contributed by atoms with Gasteiger partial charge in [-0.05, 0) is 37.3 Å². The number of rotatable bonds is 5. The molecule has 1 fully saturated rings. The summed E-state index contributed by atoms with van der Waals surface area (Å²) in [6.45, 7) is 4.47. The van der Waals surface area contributed by atoms with Gasteiger partial charge in [-0.1, -0.05) is 11.8 Å². The number of carbonyl (C=O) groups excluding carboxylic acids is 1. The highest BCUT2D eigenvalue weighted by Gasteiger charge is 2.23. The molecular weight excluding hydrogens is 395 g/mol. The molecule has 1 amide bonds. The fourth-order valence-corrected chi connectivity index (χ4v) is 4.02. The van der Waals surface area contributed by atoms with E-state index in [2.05, 4.69) is 15.1 Å². The molecule has 3 aromatic rings. The van der Waals surface area contributed by atoms with Crippen LogP contribution in [0.3, 0.4) is 0 Å². The summed E-state index contributed by atoms with van der Waals surface area (Å²) in [4.78, 5) is 16.6. The zero-order valence-corrected chi connectivity index (χ0v) is 16.7. The lowest BCUT2D eigenvalue weighted by molar-refractivity contribution is -0.128. The highest BCUT2D eigenvalue weighted by molar-refractivity contribution is 7.99. The van der Waals surface area contributed by atoms with Gasteiger partial charge in [-0.25, -0.2) is 9.07 Å². The summed E-state index contributed by atoms with van der Waals surface area (Å²) in [7, 11) is 0. The number of anilines is 1. The number of hydrogen-bond acceptors (Lipinski definition) is 7. The van der Waals surface area contributed by atoms with Crippen molar-refractivity contribution in [2.75, 3.05) is 42.7 Å². The summed E-state index contributed by atoms with van der Waals surface area (Å²) >= 11 is 1.26. The van der Waals surface area contributed by atoms with Crippen LogP contribution < -0.4 is 10.7 Å². The zero-order chi connectivity index (χ0) is 20.4. The van der Waals surface area contributed by atoms with Crippen LogP contribution >= 0.6 is 11.8 Å². The highest BCUT2D eigenvalue weighted by atomic mass is 32.2. The van der Waals surface area contributed by atoms with E-state index in [-0.39, 0.29) is 17.5 Å². The Kier molecular flexibility index (Phi) is 5.43. The average Bonchev–Trinajstić information content (AvgIpc) is 3.32. The van der Waals surface area contributed by atoms with E-state index in [1.165, 1.54) is 28.6 Å². The fraction of sp³-hybridized carbons (Fsp3) is 0.316. The molecule has 0 saturated carbocycles. The SMILES string of the molecule is Cc1occc1-c1nnc(SCC(=O)N2CCN(c3ccc(F)cc3)CC2)n1N. The molecule has 2 aromatic heterocycles. The van der Waals surface area contributed by atoms with Crippen molar-refractivity contribution in [2.24, 2.45) is 0 Å². The van der Waals surface area contributed by atoms with Crippen molar-refractivity contribution in [1.82, 2.24) is 19.8 Å². The summed E-state index contributed by atoms with van der Waals surface area (Å²) in [5.41, 5.74) is 1.74. The first-order chi connectivity index (χ1) is 14.0. The van der Waals surface area contributed by atoms with Crippen LogP contribution in [0.15, 0.2) is 46.2 Å². The van der Waals surface area contributed by atoms with Crippen molar-refractivity contribution in [3.8, 4) is 11.4 Å². The maximum Gasteiger partial charge on any atom is 0.233 e. The van der Waals surface area contributed by atoms with Crippen molar-refractivity contribution >= 4 is 23.4 Å². The zero-order valence-electron chi connectivity index (χ0n) is 15.9. The van der Waals surface area contributed by atoms with Crippen LogP contribution in [0.5, 0.6) is 0 Å². The Bertz CT molecular complexity index is 995. The van der Waals surface area contributed by atoms with Crippen LogP contribution in [-0.4, -0.2) is 57.6 Å². The minimum absolute atomic E-state index is 0.0257. The second-order valence-electron chi connectivity index (χ2n) is 6.70. The number of nitrogens with zero attached hydrogens (tertiary/aromatic N) is 5. The molecule has 0 atom stereocenters. The molecule has 3 heterocycles. The first kappa shape index (κ1) is 19.3. The van der Waals surface area contributed by atoms with Crippen molar-refractivity contribution < 1.29 is 13.6 Å². The number of thioether (sulfide) groups is 1. The number of aromatic nitrogens is 3. The molecule has 152 valence electrons. The molecule has 0 bridgehead atoms. The van der Waals surface area contributed by atoms with Crippen molar-refractivity contribution in [2.45, 2.75) is 12.1 Å². The number of furan rings is 1. The summed E-state index contributed by atoms with van der Waals surface area (Å²) in [5.74, 6) is 7.30. The standard InChI is InChI=1S/C19H21FN6O2S/c1-13-16(6-11-28-13)18-22-23-19(26(18)21)29-12-17(27)25-9-7-24(8-10-25)15-4-2-14(20)3-5-15/h2-6,11H,7-10,12,21H2,1H3. The number of carbonyl (C=O) groups is 1. The van der Waals surface area contributed by atoms with Crippen LogP contribution in [0, 0.1) is 12.7 Å². The lowest BCUT2D eigenvalue weighted by atomic mass is 10.2. The first-order valence-corrected chi connectivity index (χ1v) is 10.2. The third-order valence-corrected chi connectivity index (χ3v) is 5.84. The minimum Gasteiger partial charge on any atom is -0.469 e. The number of aryl methyl sites for hydroxylation is 1. The molecule has 0 unspecified atom stereocenters. The van der Waals surface area contributed by atoms with Gasteiger partial charge >= 0.3 is 0 Å². The van der Waals surface area contributed by atoms with Gasteiger partial charge in [0.2, 0.25) is 11.1 Å². The average molecular weight is 416 g/mol. The third kappa shape index (κ3) is 4.07.